The quantitative estimate of drug-likeness (QED) is 0.721. The monoisotopic (exact) mass is 313 g/mol. The van der Waals surface area contributed by atoms with E-state index in [1.165, 1.54) is 6.07 Å². The summed E-state index contributed by atoms with van der Waals surface area (Å²) in [6.07, 6.45) is 7.44. The molecule has 1 aliphatic rings. The van der Waals surface area contributed by atoms with Crippen LogP contribution in [0.4, 0.5) is 0 Å². The van der Waals surface area contributed by atoms with Gasteiger partial charge in [0.15, 0.2) is 5.66 Å². The molecule has 1 aromatic rings. The predicted molar refractivity (Wildman–Crippen MR) is 85.1 cm³/mol. The van der Waals surface area contributed by atoms with Crippen LogP contribution in [-0.2, 0) is 11.2 Å². The molecule has 6 heteroatoms. The van der Waals surface area contributed by atoms with E-state index in [9.17, 15) is 9.59 Å². The lowest BCUT2D eigenvalue weighted by Crippen LogP contribution is -2.29. The Labute approximate surface area is 135 Å². The molecule has 1 heterocycles. The molecule has 0 aliphatic carbocycles. The largest absolute Gasteiger partial charge is 0.478 e. The number of amides is 1. The van der Waals surface area contributed by atoms with E-state index in [1.54, 1.807) is 19.1 Å². The molecular weight excluding hydrogens is 294 g/mol. The van der Waals surface area contributed by atoms with Crippen molar-refractivity contribution in [2.75, 3.05) is 6.54 Å². The molecule has 120 valence electrons. The first kappa shape index (κ1) is 16.7. The van der Waals surface area contributed by atoms with Crippen LogP contribution in [-0.4, -0.2) is 29.2 Å². The van der Waals surface area contributed by atoms with Gasteiger partial charge in [0.05, 0.1) is 12.0 Å². The molecule has 2 N–H and O–H groups in total. The molecule has 0 bridgehead atoms. The maximum absolute atomic E-state index is 12.0. The minimum Gasteiger partial charge on any atom is -0.478 e. The zero-order chi connectivity index (χ0) is 16.9. The summed E-state index contributed by atoms with van der Waals surface area (Å²) in [4.78, 5) is 22.9. The van der Waals surface area contributed by atoms with Crippen LogP contribution in [0, 0.1) is 19.3 Å². The molecule has 0 spiro atoms. The lowest BCUT2D eigenvalue weighted by atomic mass is 10.0. The van der Waals surface area contributed by atoms with Gasteiger partial charge in [-0.1, -0.05) is 6.07 Å². The van der Waals surface area contributed by atoms with Crippen LogP contribution in [0.2, 0.25) is 0 Å². The average Bonchev–Trinajstić information content (AvgIpc) is 3.27. The van der Waals surface area contributed by atoms with Crippen LogP contribution < -0.4 is 5.32 Å². The van der Waals surface area contributed by atoms with Crippen LogP contribution in [0.1, 0.15) is 40.7 Å². The fourth-order valence-electron chi connectivity index (χ4n) is 2.33. The van der Waals surface area contributed by atoms with E-state index in [0.717, 1.165) is 17.5 Å². The van der Waals surface area contributed by atoms with Crippen molar-refractivity contribution in [2.45, 2.75) is 38.3 Å². The Balaban J connectivity index is 1.79. The lowest BCUT2D eigenvalue weighted by molar-refractivity contribution is -0.120. The number of nitrogens with one attached hydrogen (secondary N) is 1. The summed E-state index contributed by atoms with van der Waals surface area (Å²) in [5.74, 6) is 1.48. The molecule has 6 nitrogen and oxygen atoms in total. The minimum absolute atomic E-state index is 0.107. The van der Waals surface area contributed by atoms with Gasteiger partial charge in [0.2, 0.25) is 5.91 Å². The van der Waals surface area contributed by atoms with Gasteiger partial charge in [-0.05, 0) is 30.2 Å². The van der Waals surface area contributed by atoms with Crippen molar-refractivity contribution in [3.05, 3.63) is 34.9 Å². The van der Waals surface area contributed by atoms with Gasteiger partial charge in [0.1, 0.15) is 0 Å². The van der Waals surface area contributed by atoms with Gasteiger partial charge in [0.25, 0.3) is 0 Å². The van der Waals surface area contributed by atoms with Gasteiger partial charge in [-0.2, -0.15) is 10.2 Å². The Hall–Kier alpha value is -2.68. The van der Waals surface area contributed by atoms with Gasteiger partial charge in [-0.3, -0.25) is 4.79 Å². The summed E-state index contributed by atoms with van der Waals surface area (Å²) >= 11 is 0. The molecule has 0 fully saturated rings. The Kier molecular flexibility index (Phi) is 5.12. The summed E-state index contributed by atoms with van der Waals surface area (Å²) < 4.78 is 0. The van der Waals surface area contributed by atoms with E-state index in [-0.39, 0.29) is 17.9 Å². The molecule has 0 saturated carbocycles. The highest BCUT2D eigenvalue weighted by Crippen LogP contribution is 2.35. The highest BCUT2D eigenvalue weighted by molar-refractivity contribution is 5.88. The first-order valence-electron chi connectivity index (χ1n) is 7.43. The Morgan fingerprint density at radius 2 is 2.09 bits per heavy atom. The third-order valence-corrected chi connectivity index (χ3v) is 3.84. The minimum atomic E-state index is -0.974. The van der Waals surface area contributed by atoms with Crippen molar-refractivity contribution in [3.63, 3.8) is 0 Å². The highest BCUT2D eigenvalue weighted by Gasteiger charge is 2.38. The van der Waals surface area contributed by atoms with Crippen molar-refractivity contribution in [1.82, 2.24) is 5.32 Å². The fraction of sp³-hybridized carbons (Fsp3) is 0.412. The molecule has 0 radical (unpaired) electrons. The standard InChI is InChI=1S/C17H19N3O3/c1-3-4-7-17(19-20-17)8-9-18-15(21)11-13-5-6-14(16(22)23)10-12(13)2/h1,5-6,10H,4,7-9,11H2,2H3,(H,18,21)(H,22,23). The van der Waals surface area contributed by atoms with E-state index in [0.29, 0.717) is 19.4 Å². The number of hydrogen-bond donors (Lipinski definition) is 2. The molecule has 1 aliphatic heterocycles. The maximum atomic E-state index is 12.0. The fourth-order valence-corrected chi connectivity index (χ4v) is 2.33. The second-order valence-corrected chi connectivity index (χ2v) is 5.61. The molecule has 0 aromatic heterocycles. The van der Waals surface area contributed by atoms with Crippen molar-refractivity contribution in [2.24, 2.45) is 10.2 Å². The smallest absolute Gasteiger partial charge is 0.335 e. The van der Waals surface area contributed by atoms with Crippen LogP contribution in [0.25, 0.3) is 0 Å². The summed E-state index contributed by atoms with van der Waals surface area (Å²) in [6.45, 7) is 2.29. The van der Waals surface area contributed by atoms with Crippen molar-refractivity contribution < 1.29 is 14.7 Å². The zero-order valence-corrected chi connectivity index (χ0v) is 13.0. The van der Waals surface area contributed by atoms with E-state index in [4.69, 9.17) is 11.5 Å². The first-order chi connectivity index (χ1) is 11.0. The molecule has 2 rings (SSSR count). The van der Waals surface area contributed by atoms with E-state index in [2.05, 4.69) is 21.5 Å². The summed E-state index contributed by atoms with van der Waals surface area (Å²) in [5, 5.41) is 19.8. The van der Waals surface area contributed by atoms with Gasteiger partial charge in [-0.15, -0.1) is 12.3 Å². The number of carboxylic acids is 1. The normalized spacial score (nSPS) is 14.1. The van der Waals surface area contributed by atoms with Gasteiger partial charge in [0, 0.05) is 25.8 Å². The van der Waals surface area contributed by atoms with Crippen LogP contribution >= 0.6 is 0 Å². The summed E-state index contributed by atoms with van der Waals surface area (Å²) in [5.41, 5.74) is 1.44. The number of aromatic carboxylic acids is 1. The molecular formula is C17H19N3O3. The number of nitrogens with zero attached hydrogens (tertiary/aromatic N) is 2. The maximum Gasteiger partial charge on any atom is 0.335 e. The van der Waals surface area contributed by atoms with Crippen molar-refractivity contribution in [3.8, 4) is 12.3 Å². The number of aryl methyl sites for hydroxylation is 1. The zero-order valence-electron chi connectivity index (χ0n) is 13.0. The third-order valence-electron chi connectivity index (χ3n) is 3.84. The first-order valence-corrected chi connectivity index (χ1v) is 7.43. The average molecular weight is 313 g/mol. The van der Waals surface area contributed by atoms with Crippen LogP contribution in [0.5, 0.6) is 0 Å². The summed E-state index contributed by atoms with van der Waals surface area (Å²) in [6, 6.07) is 4.76. The summed E-state index contributed by atoms with van der Waals surface area (Å²) in [7, 11) is 0. The number of carbonyl (C=O) groups excluding carboxylic acids is 1. The molecule has 0 saturated heterocycles. The van der Waals surface area contributed by atoms with Crippen LogP contribution in [0.3, 0.4) is 0 Å². The molecule has 0 atom stereocenters. The Morgan fingerprint density at radius 1 is 1.35 bits per heavy atom. The lowest BCUT2D eigenvalue weighted by Gasteiger charge is -2.11. The predicted octanol–water partition coefficient (Wildman–Crippen LogP) is 2.32. The number of hydrogen-bond acceptors (Lipinski definition) is 4. The van der Waals surface area contributed by atoms with E-state index < -0.39 is 11.6 Å². The number of carbonyl (C=O) groups is 2. The molecule has 1 aromatic carbocycles. The molecule has 0 unspecified atom stereocenters. The highest BCUT2D eigenvalue weighted by atomic mass is 16.4. The third kappa shape index (κ3) is 4.65. The Morgan fingerprint density at radius 3 is 2.65 bits per heavy atom. The van der Waals surface area contributed by atoms with E-state index >= 15 is 0 Å². The number of terminal acetylenes is 1. The SMILES string of the molecule is C#CCCC1(CCNC(=O)Cc2ccc(C(=O)O)cc2C)N=N1. The molecule has 23 heavy (non-hydrogen) atoms. The van der Waals surface area contributed by atoms with Gasteiger partial charge < -0.3 is 10.4 Å². The number of carboxylic acid groups (broad SMARTS) is 1. The molecule has 1 amide bonds. The van der Waals surface area contributed by atoms with E-state index in [1.807, 2.05) is 0 Å². The van der Waals surface area contributed by atoms with Gasteiger partial charge >= 0.3 is 5.97 Å². The van der Waals surface area contributed by atoms with Gasteiger partial charge in [-0.25, -0.2) is 4.79 Å². The number of benzene rings is 1. The second kappa shape index (κ2) is 7.05. The number of rotatable bonds is 8. The van der Waals surface area contributed by atoms with Crippen molar-refractivity contribution >= 4 is 11.9 Å². The topological polar surface area (TPSA) is 91.1 Å². The van der Waals surface area contributed by atoms with Crippen molar-refractivity contribution in [1.29, 1.82) is 0 Å². The van der Waals surface area contributed by atoms with Crippen LogP contribution in [0.15, 0.2) is 28.4 Å². The second-order valence-electron chi connectivity index (χ2n) is 5.61. The Bertz CT molecular complexity index is 683.